The molecule has 0 saturated heterocycles. The molecule has 0 amide bonds. The van der Waals surface area contributed by atoms with E-state index < -0.39 is 0 Å². The van der Waals surface area contributed by atoms with E-state index in [0.29, 0.717) is 10.6 Å². The average Bonchev–Trinajstić information content (AvgIpc) is 2.64. The molecule has 3 nitrogen and oxygen atoms in total. The zero-order valence-electron chi connectivity index (χ0n) is 14.4. The van der Waals surface area contributed by atoms with Crippen molar-refractivity contribution < 1.29 is 9.47 Å². The van der Waals surface area contributed by atoms with Crippen molar-refractivity contribution in [3.8, 4) is 17.6 Å². The molecule has 4 heteroatoms. The lowest BCUT2D eigenvalue weighted by Crippen LogP contribution is -2.30. The average molecular weight is 356 g/mol. The predicted octanol–water partition coefficient (Wildman–Crippen LogP) is 5.54. The number of hydrogen-bond donors (Lipinski definition) is 0. The minimum absolute atomic E-state index is 0.173. The molecule has 0 spiro atoms. The van der Waals surface area contributed by atoms with Crippen LogP contribution in [0.2, 0.25) is 5.02 Å². The van der Waals surface area contributed by atoms with Gasteiger partial charge in [0.1, 0.15) is 17.6 Å². The lowest BCUT2D eigenvalue weighted by molar-refractivity contribution is 0.0806. The van der Waals surface area contributed by atoms with Crippen LogP contribution in [0.1, 0.15) is 43.7 Å². The third kappa shape index (κ3) is 4.67. The van der Waals surface area contributed by atoms with Gasteiger partial charge < -0.3 is 9.47 Å². The summed E-state index contributed by atoms with van der Waals surface area (Å²) < 4.78 is 12.1. The topological polar surface area (TPSA) is 42.2 Å². The number of ether oxygens (including phenoxy) is 2. The van der Waals surface area contributed by atoms with Gasteiger partial charge in [0, 0.05) is 6.07 Å². The molecule has 0 radical (unpaired) electrons. The molecule has 3 rings (SSSR count). The van der Waals surface area contributed by atoms with Gasteiger partial charge in [-0.05, 0) is 61.9 Å². The molecule has 0 aromatic heterocycles. The molecule has 1 aliphatic rings. The molecular weight excluding hydrogens is 334 g/mol. The number of halogens is 1. The Balaban J connectivity index is 1.50. The summed E-state index contributed by atoms with van der Waals surface area (Å²) in [4.78, 5) is 0. The molecule has 1 aliphatic carbocycles. The molecule has 2 aromatic rings. The van der Waals surface area contributed by atoms with Crippen molar-refractivity contribution >= 4 is 11.6 Å². The van der Waals surface area contributed by atoms with Crippen LogP contribution in [-0.2, 0) is 6.42 Å². The number of rotatable bonds is 5. The monoisotopic (exact) mass is 355 g/mol. The molecule has 2 aromatic carbocycles. The number of benzene rings is 2. The number of hydrogen-bond acceptors (Lipinski definition) is 3. The lowest BCUT2D eigenvalue weighted by Gasteiger charge is -2.29. The minimum Gasteiger partial charge on any atom is -0.490 e. The summed E-state index contributed by atoms with van der Waals surface area (Å²) >= 11 is 6.06. The Labute approximate surface area is 154 Å². The molecule has 0 heterocycles. The van der Waals surface area contributed by atoms with E-state index in [0.717, 1.165) is 43.6 Å². The summed E-state index contributed by atoms with van der Waals surface area (Å²) in [6.07, 6.45) is 5.32. The first-order chi connectivity index (χ1) is 12.2. The van der Waals surface area contributed by atoms with Crippen LogP contribution in [0.4, 0.5) is 0 Å². The second kappa shape index (κ2) is 8.27. The van der Waals surface area contributed by atoms with Crippen LogP contribution in [-0.4, -0.2) is 12.2 Å². The molecule has 0 atom stereocenters. The number of nitriles is 1. The van der Waals surface area contributed by atoms with E-state index in [1.807, 2.05) is 6.07 Å². The van der Waals surface area contributed by atoms with E-state index in [1.165, 1.54) is 5.56 Å². The van der Waals surface area contributed by atoms with E-state index in [1.54, 1.807) is 12.1 Å². The fourth-order valence-electron chi connectivity index (χ4n) is 3.12. The Morgan fingerprint density at radius 3 is 2.04 bits per heavy atom. The van der Waals surface area contributed by atoms with Gasteiger partial charge in [0.05, 0.1) is 22.8 Å². The van der Waals surface area contributed by atoms with E-state index >= 15 is 0 Å². The van der Waals surface area contributed by atoms with Gasteiger partial charge in [-0.1, -0.05) is 30.7 Å². The third-order valence-corrected chi connectivity index (χ3v) is 4.93. The summed E-state index contributed by atoms with van der Waals surface area (Å²) in [5.74, 6) is 1.67. The number of nitrogens with zero attached hydrogens (tertiary/aromatic N) is 1. The highest BCUT2D eigenvalue weighted by molar-refractivity contribution is 6.31. The molecule has 25 heavy (non-hydrogen) atoms. The Bertz CT molecular complexity index is 743. The van der Waals surface area contributed by atoms with Gasteiger partial charge in [0.15, 0.2) is 0 Å². The summed E-state index contributed by atoms with van der Waals surface area (Å²) in [6.45, 7) is 2.15. The molecular formula is C21H22ClNO2. The van der Waals surface area contributed by atoms with Gasteiger partial charge in [-0.2, -0.15) is 5.26 Å². The Morgan fingerprint density at radius 2 is 1.52 bits per heavy atom. The van der Waals surface area contributed by atoms with Crippen LogP contribution >= 0.6 is 11.6 Å². The normalized spacial score (nSPS) is 19.9. The van der Waals surface area contributed by atoms with Gasteiger partial charge in [0.25, 0.3) is 0 Å². The summed E-state index contributed by atoms with van der Waals surface area (Å²) in [5, 5.41) is 9.36. The minimum atomic E-state index is 0.173. The van der Waals surface area contributed by atoms with Crippen LogP contribution in [0.15, 0.2) is 42.5 Å². The maximum Gasteiger partial charge on any atom is 0.121 e. The summed E-state index contributed by atoms with van der Waals surface area (Å²) in [6, 6.07) is 15.6. The second-order valence-corrected chi connectivity index (χ2v) is 6.79. The van der Waals surface area contributed by atoms with Crippen LogP contribution in [0.3, 0.4) is 0 Å². The zero-order valence-corrected chi connectivity index (χ0v) is 15.1. The summed E-state index contributed by atoms with van der Waals surface area (Å²) in [7, 11) is 0. The molecule has 0 aliphatic heterocycles. The Hall–Kier alpha value is -2.18. The van der Waals surface area contributed by atoms with Crippen molar-refractivity contribution in [2.75, 3.05) is 0 Å². The molecule has 0 unspecified atom stereocenters. The second-order valence-electron chi connectivity index (χ2n) is 6.39. The number of aryl methyl sites for hydroxylation is 1. The van der Waals surface area contributed by atoms with Crippen molar-refractivity contribution in [3.63, 3.8) is 0 Å². The van der Waals surface area contributed by atoms with Gasteiger partial charge in [-0.15, -0.1) is 0 Å². The van der Waals surface area contributed by atoms with E-state index in [2.05, 4.69) is 37.3 Å². The largest absolute Gasteiger partial charge is 0.490 e. The quantitative estimate of drug-likeness (QED) is 0.706. The highest BCUT2D eigenvalue weighted by Gasteiger charge is 2.24. The van der Waals surface area contributed by atoms with E-state index in [4.69, 9.17) is 26.3 Å². The molecule has 1 saturated carbocycles. The van der Waals surface area contributed by atoms with Crippen molar-refractivity contribution in [2.45, 2.75) is 51.2 Å². The standard InChI is InChI=1S/C21H22ClNO2/c1-2-15-3-6-17(7-4-15)24-18-9-11-19(12-10-18)25-20-8-5-16(14-23)21(22)13-20/h3-8,13,18-19H,2,9-12H2,1H3. The van der Waals surface area contributed by atoms with Gasteiger partial charge in [0.2, 0.25) is 0 Å². The lowest BCUT2D eigenvalue weighted by atomic mass is 9.95. The van der Waals surface area contributed by atoms with Crippen LogP contribution in [0.25, 0.3) is 0 Å². The Kier molecular flexibility index (Phi) is 5.83. The first-order valence-electron chi connectivity index (χ1n) is 8.80. The zero-order chi connectivity index (χ0) is 17.6. The van der Waals surface area contributed by atoms with Gasteiger partial charge in [-0.3, -0.25) is 0 Å². The summed E-state index contributed by atoms with van der Waals surface area (Å²) in [5.41, 5.74) is 1.80. The van der Waals surface area contributed by atoms with Crippen molar-refractivity contribution in [3.05, 3.63) is 58.6 Å². The maximum absolute atomic E-state index is 8.92. The predicted molar refractivity (Wildman–Crippen MR) is 99.3 cm³/mol. The van der Waals surface area contributed by atoms with Crippen molar-refractivity contribution in [1.29, 1.82) is 5.26 Å². The fourth-order valence-corrected chi connectivity index (χ4v) is 3.33. The maximum atomic E-state index is 8.92. The molecule has 1 fully saturated rings. The van der Waals surface area contributed by atoms with Crippen LogP contribution < -0.4 is 9.47 Å². The molecule has 0 bridgehead atoms. The highest BCUT2D eigenvalue weighted by Crippen LogP contribution is 2.29. The fraction of sp³-hybridized carbons (Fsp3) is 0.381. The van der Waals surface area contributed by atoms with Crippen molar-refractivity contribution in [2.24, 2.45) is 0 Å². The first kappa shape index (κ1) is 17.6. The first-order valence-corrected chi connectivity index (χ1v) is 9.17. The van der Waals surface area contributed by atoms with Gasteiger partial charge in [-0.25, -0.2) is 0 Å². The van der Waals surface area contributed by atoms with Crippen molar-refractivity contribution in [1.82, 2.24) is 0 Å². The van der Waals surface area contributed by atoms with Crippen LogP contribution in [0.5, 0.6) is 11.5 Å². The Morgan fingerprint density at radius 1 is 0.960 bits per heavy atom. The highest BCUT2D eigenvalue weighted by atomic mass is 35.5. The SMILES string of the molecule is CCc1ccc(OC2CCC(Oc3ccc(C#N)c(Cl)c3)CC2)cc1. The van der Waals surface area contributed by atoms with E-state index in [9.17, 15) is 0 Å². The van der Waals surface area contributed by atoms with Crippen LogP contribution in [0, 0.1) is 11.3 Å². The smallest absolute Gasteiger partial charge is 0.121 e. The third-order valence-electron chi connectivity index (χ3n) is 4.62. The molecule has 130 valence electrons. The van der Waals surface area contributed by atoms with Gasteiger partial charge >= 0.3 is 0 Å². The molecule has 0 N–H and O–H groups in total. The van der Waals surface area contributed by atoms with E-state index in [-0.39, 0.29) is 12.2 Å².